The monoisotopic (exact) mass is 871 g/mol. The molecule has 63 heavy (non-hydrogen) atoms. The molecule has 1 saturated heterocycles. The van der Waals surface area contributed by atoms with E-state index in [0.717, 1.165) is 19.3 Å². The van der Waals surface area contributed by atoms with Gasteiger partial charge in [-0.1, -0.05) is 94.2 Å². The number of unbranched alkanes of at least 4 members (excludes halogenated alkanes) is 11. The highest BCUT2D eigenvalue weighted by Crippen LogP contribution is 2.28. The molecule has 0 spiro atoms. The van der Waals surface area contributed by atoms with Gasteiger partial charge >= 0.3 is 0 Å². The summed E-state index contributed by atoms with van der Waals surface area (Å²) in [6.07, 6.45) is 8.70. The number of aliphatic hydroxyl groups is 4. The van der Waals surface area contributed by atoms with Crippen LogP contribution in [0.5, 0.6) is 0 Å². The van der Waals surface area contributed by atoms with Gasteiger partial charge in [0.15, 0.2) is 24.7 Å². The summed E-state index contributed by atoms with van der Waals surface area (Å²) in [7, 11) is 0. The smallest absolute Gasteiger partial charge is 0.297 e. The number of allylic oxidation sites excluding steroid dienone is 1. The Kier molecular flexibility index (Phi) is 34.8. The Morgan fingerprint density at radius 2 is 1.16 bits per heavy atom. The molecule has 12 nitrogen and oxygen atoms in total. The first-order valence-corrected chi connectivity index (χ1v) is 20.7. The molecule has 0 aromatic heterocycles. The van der Waals surface area contributed by atoms with Gasteiger partial charge in [0.2, 0.25) is 0 Å². The van der Waals surface area contributed by atoms with Crippen LogP contribution in [0.2, 0.25) is 0 Å². The maximum Gasteiger partial charge on any atom is 0.297 e. The maximum absolute atomic E-state index is 12.8. The van der Waals surface area contributed by atoms with Gasteiger partial charge in [0.1, 0.15) is 18.3 Å². The van der Waals surface area contributed by atoms with Crippen molar-refractivity contribution < 1.29 is 53.5 Å². The van der Waals surface area contributed by atoms with Crippen LogP contribution >= 0.6 is 12.3 Å². The van der Waals surface area contributed by atoms with Gasteiger partial charge in [0, 0.05) is 41.4 Å². The molecule has 0 bridgehead atoms. The number of nitrogens with one attached hydrogen (secondary N) is 1. The van der Waals surface area contributed by atoms with Crippen molar-refractivity contribution in [3.05, 3.63) is 12.2 Å². The van der Waals surface area contributed by atoms with E-state index < -0.39 is 62.0 Å². The number of ether oxygens (including phenoxy) is 2. The Hall–Kier alpha value is -6.12. The van der Waals surface area contributed by atoms with Crippen LogP contribution in [0.25, 0.3) is 0 Å². The zero-order valence-electron chi connectivity index (χ0n) is 35.2. The van der Waals surface area contributed by atoms with Crippen LogP contribution < -0.4 is 5.32 Å². The van der Waals surface area contributed by atoms with E-state index in [1.54, 1.807) is 6.92 Å². The fraction of sp³-hybridized carbons (Fsp3) is 0.460. The molecule has 1 aliphatic rings. The van der Waals surface area contributed by atoms with E-state index in [0.29, 0.717) is 6.42 Å². The normalized spacial score (nSPS) is 17.1. The molecule has 7 atom stereocenters. The fourth-order valence-corrected chi connectivity index (χ4v) is 5.42. The fourth-order valence-electron chi connectivity index (χ4n) is 5.07. The van der Waals surface area contributed by atoms with Gasteiger partial charge in [-0.2, -0.15) is 0 Å². The van der Waals surface area contributed by atoms with Crippen molar-refractivity contribution in [2.24, 2.45) is 0 Å². The number of carbonyl (C=O) groups excluding carboxylic acids is 1. The third kappa shape index (κ3) is 29.7. The third-order valence-electron chi connectivity index (χ3n) is 8.12. The van der Waals surface area contributed by atoms with E-state index in [1.165, 1.54) is 57.4 Å². The number of carbonyl (C=O) groups is 1. The van der Waals surface area contributed by atoms with Crippen LogP contribution in [-0.4, -0.2) is 87.7 Å². The molecule has 6 N–H and O–H groups in total. The largest absolute Gasteiger partial charge is 0.394 e. The average Bonchev–Trinajstić information content (AvgIpc) is 3.28. The summed E-state index contributed by atoms with van der Waals surface area (Å²) in [6.45, 7) is 2.81. The standard InChI is InChI=1S/C50H49NO11S/c1-3-5-7-9-11-13-15-17-18-19-20-21-22-23-24-25-26-28-30-32-34-36-38-40-46(54)51-43(44(53)39-37-35-33-31-29-27-16-14-12-10-8-6-4-2)42-58-50-49(60-63-62-61-57)48(56)47(55)45(41-52)59-50/h37,39,43-45,47-50,52-53,55-57H,4,6,8,10,12,14,16,27,29,31,33,35,41-42H2,1-2H3,(H,51,54)/b39-37+/t43-,44+,45?,47?,48?,49?,50?/m0/s1. The highest BCUT2D eigenvalue weighted by atomic mass is 32.2. The Morgan fingerprint density at radius 3 is 1.62 bits per heavy atom. The molecular weight excluding hydrogens is 823 g/mol. The van der Waals surface area contributed by atoms with Gasteiger partial charge in [-0.05, 0) is 114 Å². The summed E-state index contributed by atoms with van der Waals surface area (Å²) in [4.78, 5) is 12.8. The summed E-state index contributed by atoms with van der Waals surface area (Å²) in [5.41, 5.74) is 0. The Morgan fingerprint density at radius 1 is 0.698 bits per heavy atom. The lowest BCUT2D eigenvalue weighted by Gasteiger charge is -2.41. The molecule has 5 unspecified atom stereocenters. The van der Waals surface area contributed by atoms with Gasteiger partial charge in [-0.3, -0.25) is 8.98 Å². The Bertz CT molecular complexity index is 2240. The van der Waals surface area contributed by atoms with Crippen LogP contribution in [0.3, 0.4) is 0 Å². The van der Waals surface area contributed by atoms with Crippen molar-refractivity contribution >= 4 is 18.2 Å². The second-order valence-electron chi connectivity index (χ2n) is 12.8. The van der Waals surface area contributed by atoms with Gasteiger partial charge in [-0.25, -0.2) is 5.26 Å². The highest BCUT2D eigenvalue weighted by Gasteiger charge is 2.46. The molecule has 1 fully saturated rings. The predicted octanol–water partition coefficient (Wildman–Crippen LogP) is 2.98. The summed E-state index contributed by atoms with van der Waals surface area (Å²) < 4.78 is 20.8. The first-order valence-electron chi connectivity index (χ1n) is 20.0. The molecule has 1 heterocycles. The molecule has 0 radical (unpaired) electrons. The quantitative estimate of drug-likeness (QED) is 0.0222. The first-order chi connectivity index (χ1) is 30.9. The molecule has 1 aliphatic heterocycles. The number of amides is 1. The molecule has 13 heteroatoms. The van der Waals surface area contributed by atoms with Crippen LogP contribution in [0, 0.1) is 142 Å². The minimum absolute atomic E-state index is 0.111. The van der Waals surface area contributed by atoms with E-state index in [-0.39, 0.29) is 12.3 Å². The minimum Gasteiger partial charge on any atom is -0.394 e. The Labute approximate surface area is 377 Å². The van der Waals surface area contributed by atoms with Crippen molar-refractivity contribution in [1.82, 2.24) is 5.32 Å². The number of rotatable bonds is 23. The molecule has 0 aromatic carbocycles. The van der Waals surface area contributed by atoms with Gasteiger partial charge in [0.05, 0.1) is 25.4 Å². The summed E-state index contributed by atoms with van der Waals surface area (Å²) in [5.74, 6) is 58.7. The average molecular weight is 872 g/mol. The zero-order valence-corrected chi connectivity index (χ0v) is 36.0. The highest BCUT2D eigenvalue weighted by molar-refractivity contribution is 7.89. The van der Waals surface area contributed by atoms with Crippen LogP contribution in [-0.2, 0) is 27.8 Å². The van der Waals surface area contributed by atoms with E-state index in [2.05, 4.69) is 164 Å². The maximum atomic E-state index is 12.8. The lowest BCUT2D eigenvalue weighted by Crippen LogP contribution is -2.60. The molecular formula is C50H49NO11S. The number of hydrogen-bond acceptors (Lipinski definition) is 12. The van der Waals surface area contributed by atoms with Crippen molar-refractivity contribution in [2.45, 2.75) is 134 Å². The van der Waals surface area contributed by atoms with Gasteiger partial charge in [0.25, 0.3) is 5.91 Å². The summed E-state index contributed by atoms with van der Waals surface area (Å²) >= 11 is 0.111. The van der Waals surface area contributed by atoms with Crippen LogP contribution in [0.15, 0.2) is 12.2 Å². The predicted molar refractivity (Wildman–Crippen MR) is 238 cm³/mol. The Balaban J connectivity index is 2.85. The van der Waals surface area contributed by atoms with E-state index in [9.17, 15) is 25.2 Å². The zero-order chi connectivity index (χ0) is 45.9. The van der Waals surface area contributed by atoms with E-state index in [1.807, 2.05) is 6.08 Å². The topological polar surface area (TPSA) is 176 Å². The van der Waals surface area contributed by atoms with E-state index in [4.69, 9.17) is 18.9 Å². The molecule has 0 saturated carbocycles. The lowest BCUT2D eigenvalue weighted by molar-refractivity contribution is -0.435. The molecule has 0 aromatic rings. The molecule has 0 aliphatic carbocycles. The summed E-state index contributed by atoms with van der Waals surface area (Å²) in [5, 5.41) is 56.1. The van der Waals surface area contributed by atoms with Crippen molar-refractivity contribution in [1.29, 1.82) is 0 Å². The lowest BCUT2D eigenvalue weighted by atomic mass is 9.99. The number of hydrogen-bond donors (Lipinski definition) is 6. The molecule has 326 valence electrons. The SMILES string of the molecule is CC#CC#CC#CC#CC#CC#CC#CC#CC#CC#CC#CC#CC(=O)N[C@@H](COC1OC(CO)C(O)C(O)C1OSOOO)[C@H](O)/C=C/CCCCCCCCCCCCC. The molecule has 1 rings (SSSR count). The summed E-state index contributed by atoms with van der Waals surface area (Å²) in [6, 6.07) is -1.09. The second kappa shape index (κ2) is 40.0. The number of aliphatic hydroxyl groups excluding tert-OH is 4. The van der Waals surface area contributed by atoms with Crippen molar-refractivity contribution in [3.8, 4) is 142 Å². The van der Waals surface area contributed by atoms with Crippen LogP contribution in [0.1, 0.15) is 90.9 Å². The van der Waals surface area contributed by atoms with Crippen molar-refractivity contribution in [3.63, 3.8) is 0 Å². The third-order valence-corrected chi connectivity index (χ3v) is 8.54. The van der Waals surface area contributed by atoms with Gasteiger partial charge < -0.3 is 35.2 Å². The van der Waals surface area contributed by atoms with Crippen LogP contribution in [0.4, 0.5) is 0 Å². The molecule has 1 amide bonds. The minimum atomic E-state index is -1.64. The van der Waals surface area contributed by atoms with E-state index >= 15 is 0 Å². The van der Waals surface area contributed by atoms with Gasteiger partial charge in [-0.15, -0.1) is 4.33 Å². The second-order valence-corrected chi connectivity index (χ2v) is 13.2. The first kappa shape index (κ1) is 54.9. The van der Waals surface area contributed by atoms with Crippen molar-refractivity contribution in [2.75, 3.05) is 13.2 Å².